The number of fused-ring (bicyclic) bond motifs is 3. The summed E-state index contributed by atoms with van der Waals surface area (Å²) in [5, 5.41) is 6.78. The zero-order valence-electron chi connectivity index (χ0n) is 23.0. The predicted octanol–water partition coefficient (Wildman–Crippen LogP) is 7.61. The zero-order valence-corrected chi connectivity index (χ0v) is 23.0. The van der Waals surface area contributed by atoms with Crippen LogP contribution in [0.4, 0.5) is 5.69 Å². The molecule has 5 atom stereocenters. The van der Waals surface area contributed by atoms with E-state index < -0.39 is 0 Å². The Labute approximate surface area is 232 Å². The normalized spacial score (nSPS) is 25.8. The van der Waals surface area contributed by atoms with Crippen molar-refractivity contribution in [2.24, 2.45) is 23.7 Å². The second kappa shape index (κ2) is 10.0. The molecule has 4 aliphatic rings. The molecule has 3 aromatic carbocycles. The molecule has 0 saturated heterocycles. The molecule has 0 heterocycles. The third-order valence-electron chi connectivity index (χ3n) is 9.50. The van der Waals surface area contributed by atoms with Crippen LogP contribution in [0.3, 0.4) is 0 Å². The monoisotopic (exact) mass is 507 g/mol. The molecule has 0 aromatic heterocycles. The third kappa shape index (κ3) is 4.44. The van der Waals surface area contributed by atoms with Crippen molar-refractivity contribution in [3.63, 3.8) is 0 Å². The number of allylic oxidation sites excluding steroid dienone is 5. The van der Waals surface area contributed by atoms with Gasteiger partial charge in [-0.05, 0) is 93.9 Å². The van der Waals surface area contributed by atoms with Gasteiger partial charge < -0.3 is 5.32 Å². The van der Waals surface area contributed by atoms with Gasteiger partial charge in [-0.1, -0.05) is 116 Å². The Hall–Kier alpha value is -3.84. The molecule has 0 spiro atoms. The number of rotatable bonds is 6. The van der Waals surface area contributed by atoms with Crippen LogP contribution >= 0.6 is 0 Å². The van der Waals surface area contributed by atoms with Crippen molar-refractivity contribution in [3.8, 4) is 0 Å². The van der Waals surface area contributed by atoms with Crippen LogP contribution in [0.1, 0.15) is 37.3 Å². The topological polar surface area (TPSA) is 12.0 Å². The van der Waals surface area contributed by atoms with Gasteiger partial charge in [0.2, 0.25) is 0 Å². The van der Waals surface area contributed by atoms with Crippen LogP contribution in [0.2, 0.25) is 0 Å². The summed E-state index contributed by atoms with van der Waals surface area (Å²) >= 11 is 0. The fourth-order valence-electron chi connectivity index (χ4n) is 7.28. The van der Waals surface area contributed by atoms with Crippen LogP contribution in [0, 0.1) is 30.6 Å². The summed E-state index contributed by atoms with van der Waals surface area (Å²) < 4.78 is 0. The van der Waals surface area contributed by atoms with E-state index in [4.69, 9.17) is 0 Å². The summed E-state index contributed by atoms with van der Waals surface area (Å²) in [4.78, 5) is 0. The van der Waals surface area contributed by atoms with Gasteiger partial charge >= 0.3 is 0 Å². The standard InChI is InChI=1S/C38H37N/c1-25-12-6-11-19-35(25)39-36(23-20-27-13-4-3-5-14-27)38-32-17-9-7-15-30(32)37(31-16-8-10-18-33(31)38)28-21-22-29-26(2)34(29)24-28/h3-15,17-20,23-24,26,29,31,34,36,39H,16,21-22H2,1-2H3/t26-,29?,31?,34?,36?/m1/s1. The van der Waals surface area contributed by atoms with Crippen LogP contribution < -0.4 is 15.8 Å². The highest BCUT2D eigenvalue weighted by atomic mass is 14.9. The van der Waals surface area contributed by atoms with Gasteiger partial charge in [-0.2, -0.15) is 0 Å². The van der Waals surface area contributed by atoms with Gasteiger partial charge in [0.15, 0.2) is 0 Å². The number of para-hydroxylation sites is 1. The maximum atomic E-state index is 3.96. The minimum Gasteiger partial charge on any atom is -0.374 e. The molecule has 1 heteroatoms. The average Bonchev–Trinajstić information content (AvgIpc) is 3.63. The van der Waals surface area contributed by atoms with Crippen LogP contribution in [0.15, 0.2) is 120 Å². The van der Waals surface area contributed by atoms with Crippen molar-refractivity contribution in [3.05, 3.63) is 142 Å². The molecule has 0 bridgehead atoms. The number of nitrogens with one attached hydrogen (secondary N) is 1. The van der Waals surface area contributed by atoms with Gasteiger partial charge in [0, 0.05) is 11.6 Å². The molecule has 1 fully saturated rings. The number of anilines is 1. The lowest BCUT2D eigenvalue weighted by molar-refractivity contribution is 0.642. The molecule has 1 nitrogen and oxygen atoms in total. The first kappa shape index (κ1) is 24.2. The highest BCUT2D eigenvalue weighted by molar-refractivity contribution is 5.86. The highest BCUT2D eigenvalue weighted by Gasteiger charge is 2.47. The number of benzene rings is 3. The number of aryl methyl sites for hydroxylation is 1. The van der Waals surface area contributed by atoms with E-state index >= 15 is 0 Å². The first-order valence-electron chi connectivity index (χ1n) is 14.7. The minimum atomic E-state index is 0.0439. The lowest BCUT2D eigenvalue weighted by atomic mass is 9.71. The van der Waals surface area contributed by atoms with E-state index in [-0.39, 0.29) is 6.04 Å². The molecule has 0 radical (unpaired) electrons. The average molecular weight is 508 g/mol. The lowest BCUT2D eigenvalue weighted by Gasteiger charge is -2.35. The third-order valence-corrected chi connectivity index (χ3v) is 9.50. The van der Waals surface area contributed by atoms with Crippen molar-refractivity contribution in [2.75, 3.05) is 5.32 Å². The maximum absolute atomic E-state index is 3.96. The first-order chi connectivity index (χ1) is 19.2. The summed E-state index contributed by atoms with van der Waals surface area (Å²) in [6, 6.07) is 28.6. The number of hydrogen-bond acceptors (Lipinski definition) is 1. The van der Waals surface area contributed by atoms with Gasteiger partial charge in [-0.15, -0.1) is 0 Å². The van der Waals surface area contributed by atoms with E-state index in [1.54, 1.807) is 11.1 Å². The van der Waals surface area contributed by atoms with Crippen molar-refractivity contribution in [2.45, 2.75) is 39.2 Å². The molecule has 4 unspecified atom stereocenters. The SMILES string of the molecule is Cc1ccccc1NC(C=Cc1ccccc1)C1=c2ccccc2=C(C2=CC3C(CC2)[C@H]3C)C2CC=CC=C12. The minimum absolute atomic E-state index is 0.0439. The molecule has 1 saturated carbocycles. The summed E-state index contributed by atoms with van der Waals surface area (Å²) in [6.07, 6.45) is 18.0. The van der Waals surface area contributed by atoms with Gasteiger partial charge in [0.1, 0.15) is 0 Å². The van der Waals surface area contributed by atoms with E-state index in [1.165, 1.54) is 51.2 Å². The van der Waals surface area contributed by atoms with Crippen LogP contribution in [0.25, 0.3) is 17.2 Å². The van der Waals surface area contributed by atoms with Gasteiger partial charge in [-0.3, -0.25) is 0 Å². The van der Waals surface area contributed by atoms with Gasteiger partial charge in [0.25, 0.3) is 0 Å². The molecular formula is C38H37N. The smallest absolute Gasteiger partial charge is 0.0710 e. The zero-order chi connectivity index (χ0) is 26.3. The van der Waals surface area contributed by atoms with Gasteiger partial charge in [-0.25, -0.2) is 0 Å². The van der Waals surface area contributed by atoms with Gasteiger partial charge in [0.05, 0.1) is 6.04 Å². The summed E-state index contributed by atoms with van der Waals surface area (Å²) in [5.41, 5.74) is 9.76. The summed E-state index contributed by atoms with van der Waals surface area (Å²) in [6.45, 7) is 4.63. The van der Waals surface area contributed by atoms with Crippen LogP contribution in [-0.2, 0) is 0 Å². The second-order valence-corrected chi connectivity index (χ2v) is 11.7. The Bertz CT molecular complexity index is 1650. The Morgan fingerprint density at radius 2 is 1.67 bits per heavy atom. The van der Waals surface area contributed by atoms with Crippen molar-refractivity contribution >= 4 is 22.9 Å². The van der Waals surface area contributed by atoms with Crippen molar-refractivity contribution in [1.82, 2.24) is 0 Å². The molecular weight excluding hydrogens is 470 g/mol. The van der Waals surface area contributed by atoms with Crippen LogP contribution in [0.5, 0.6) is 0 Å². The molecule has 1 N–H and O–H groups in total. The Kier molecular flexibility index (Phi) is 6.24. The van der Waals surface area contributed by atoms with E-state index in [1.807, 2.05) is 0 Å². The van der Waals surface area contributed by atoms with E-state index in [0.717, 1.165) is 24.2 Å². The first-order valence-corrected chi connectivity index (χ1v) is 14.7. The Morgan fingerprint density at radius 3 is 2.49 bits per heavy atom. The van der Waals surface area contributed by atoms with Crippen molar-refractivity contribution in [1.29, 1.82) is 0 Å². The Balaban J connectivity index is 1.45. The van der Waals surface area contributed by atoms with E-state index in [9.17, 15) is 0 Å². The van der Waals surface area contributed by atoms with Crippen LogP contribution in [-0.4, -0.2) is 6.04 Å². The second-order valence-electron chi connectivity index (χ2n) is 11.7. The molecule has 39 heavy (non-hydrogen) atoms. The maximum Gasteiger partial charge on any atom is 0.0710 e. The molecule has 3 aromatic rings. The predicted molar refractivity (Wildman–Crippen MR) is 165 cm³/mol. The molecule has 194 valence electrons. The molecule has 4 aliphatic carbocycles. The summed E-state index contributed by atoms with van der Waals surface area (Å²) in [5.74, 6) is 2.97. The molecule has 7 rings (SSSR count). The Morgan fingerprint density at radius 1 is 0.897 bits per heavy atom. The molecule has 0 amide bonds. The lowest BCUT2D eigenvalue weighted by Crippen LogP contribution is -2.42. The van der Waals surface area contributed by atoms with E-state index in [2.05, 4.69) is 134 Å². The van der Waals surface area contributed by atoms with E-state index in [0.29, 0.717) is 5.92 Å². The quantitative estimate of drug-likeness (QED) is 0.362. The fraction of sp³-hybridized carbons (Fsp3) is 0.263. The fourth-order valence-corrected chi connectivity index (χ4v) is 7.28. The number of hydrogen-bond donors (Lipinski definition) is 1. The molecule has 0 aliphatic heterocycles. The summed E-state index contributed by atoms with van der Waals surface area (Å²) in [7, 11) is 0. The largest absolute Gasteiger partial charge is 0.374 e. The highest BCUT2D eigenvalue weighted by Crippen LogP contribution is 2.55. The van der Waals surface area contributed by atoms with Crippen molar-refractivity contribution < 1.29 is 0 Å².